The Morgan fingerprint density at radius 1 is 1.16 bits per heavy atom. The molecule has 2 nitrogen and oxygen atoms in total. The van der Waals surface area contributed by atoms with Crippen molar-refractivity contribution in [2.75, 3.05) is 0 Å². The zero-order valence-electron chi connectivity index (χ0n) is 10.6. The molecule has 0 N–H and O–H groups in total. The van der Waals surface area contributed by atoms with Gasteiger partial charge in [-0.05, 0) is 25.0 Å². The number of carbonyl (C=O) groups is 1. The summed E-state index contributed by atoms with van der Waals surface area (Å²) >= 11 is 0. The molecule has 1 spiro atoms. The number of ether oxygens (including phenoxy) is 1. The van der Waals surface area contributed by atoms with E-state index in [1.165, 1.54) is 0 Å². The third-order valence-corrected chi connectivity index (χ3v) is 4.45. The quantitative estimate of drug-likeness (QED) is 0.817. The average molecular weight is 266 g/mol. The number of hydrogen-bond acceptors (Lipinski definition) is 2. The van der Waals surface area contributed by atoms with Crippen LogP contribution in [0.15, 0.2) is 18.2 Å². The van der Waals surface area contributed by atoms with E-state index in [1.54, 1.807) is 0 Å². The highest BCUT2D eigenvalue weighted by molar-refractivity contribution is 5.92. The van der Waals surface area contributed by atoms with Crippen LogP contribution >= 0.6 is 0 Å². The van der Waals surface area contributed by atoms with Gasteiger partial charge in [-0.25, -0.2) is 8.78 Å². The minimum absolute atomic E-state index is 0.0811. The lowest BCUT2D eigenvalue weighted by Gasteiger charge is -2.49. The Labute approximate surface area is 110 Å². The van der Waals surface area contributed by atoms with Crippen LogP contribution in [0.1, 0.15) is 38.5 Å². The molecule has 1 unspecified atom stereocenters. The van der Waals surface area contributed by atoms with Gasteiger partial charge < -0.3 is 4.74 Å². The SMILES string of the molecule is O=C1CC(Oc2cc(F)ccc2F)C12CCCCC2. The Kier molecular flexibility index (Phi) is 3.03. The van der Waals surface area contributed by atoms with E-state index in [-0.39, 0.29) is 17.6 Å². The minimum Gasteiger partial charge on any atom is -0.486 e. The van der Waals surface area contributed by atoms with E-state index in [4.69, 9.17) is 4.74 Å². The van der Waals surface area contributed by atoms with Crippen LogP contribution in [0.4, 0.5) is 8.78 Å². The van der Waals surface area contributed by atoms with E-state index in [0.717, 1.165) is 50.3 Å². The molecule has 1 aromatic carbocycles. The van der Waals surface area contributed by atoms with Crippen molar-refractivity contribution < 1.29 is 18.3 Å². The van der Waals surface area contributed by atoms with Crippen LogP contribution in [0.5, 0.6) is 5.75 Å². The van der Waals surface area contributed by atoms with Crippen LogP contribution in [-0.4, -0.2) is 11.9 Å². The standard InChI is InChI=1S/C15H16F2O2/c16-10-4-5-11(17)12(8-10)19-14-9-13(18)15(14)6-2-1-3-7-15/h4-5,8,14H,1-3,6-7,9H2. The normalized spacial score (nSPS) is 25.2. The van der Waals surface area contributed by atoms with E-state index in [0.29, 0.717) is 6.42 Å². The zero-order chi connectivity index (χ0) is 13.5. The van der Waals surface area contributed by atoms with Crippen molar-refractivity contribution in [2.24, 2.45) is 5.41 Å². The molecule has 1 atom stereocenters. The molecule has 0 aliphatic heterocycles. The molecule has 0 saturated heterocycles. The molecule has 0 bridgehead atoms. The molecule has 19 heavy (non-hydrogen) atoms. The summed E-state index contributed by atoms with van der Waals surface area (Å²) in [7, 11) is 0. The van der Waals surface area contributed by atoms with Gasteiger partial charge in [-0.3, -0.25) is 4.79 Å². The summed E-state index contributed by atoms with van der Waals surface area (Å²) in [6, 6.07) is 3.16. The van der Waals surface area contributed by atoms with Crippen molar-refractivity contribution in [1.82, 2.24) is 0 Å². The van der Waals surface area contributed by atoms with Gasteiger partial charge in [-0.2, -0.15) is 0 Å². The van der Waals surface area contributed by atoms with Gasteiger partial charge in [0.05, 0.1) is 5.41 Å². The zero-order valence-corrected chi connectivity index (χ0v) is 10.6. The van der Waals surface area contributed by atoms with Gasteiger partial charge in [0.25, 0.3) is 0 Å². The molecule has 1 aromatic rings. The van der Waals surface area contributed by atoms with Gasteiger partial charge in [0, 0.05) is 12.5 Å². The molecule has 2 aliphatic carbocycles. The monoisotopic (exact) mass is 266 g/mol. The number of hydrogen-bond donors (Lipinski definition) is 0. The van der Waals surface area contributed by atoms with Gasteiger partial charge in [0.15, 0.2) is 11.6 Å². The van der Waals surface area contributed by atoms with Crippen LogP contribution in [0.2, 0.25) is 0 Å². The van der Waals surface area contributed by atoms with Crippen LogP contribution < -0.4 is 4.74 Å². The summed E-state index contributed by atoms with van der Waals surface area (Å²) in [5.74, 6) is -0.970. The van der Waals surface area contributed by atoms with E-state index in [1.807, 2.05) is 0 Å². The van der Waals surface area contributed by atoms with Crippen molar-refractivity contribution >= 4 is 5.78 Å². The third kappa shape index (κ3) is 2.03. The highest BCUT2D eigenvalue weighted by atomic mass is 19.1. The molecule has 4 heteroatoms. The van der Waals surface area contributed by atoms with Crippen molar-refractivity contribution in [3.63, 3.8) is 0 Å². The van der Waals surface area contributed by atoms with Gasteiger partial charge >= 0.3 is 0 Å². The Hall–Kier alpha value is -1.45. The largest absolute Gasteiger partial charge is 0.486 e. The Morgan fingerprint density at radius 2 is 1.89 bits per heavy atom. The number of Topliss-reactive ketones (excluding diaryl/α,β-unsaturated/α-hetero) is 1. The molecule has 2 saturated carbocycles. The van der Waals surface area contributed by atoms with Crippen molar-refractivity contribution in [2.45, 2.75) is 44.6 Å². The summed E-state index contributed by atoms with van der Waals surface area (Å²) in [6.07, 6.45) is 4.80. The lowest BCUT2D eigenvalue weighted by Crippen LogP contribution is -2.57. The fraction of sp³-hybridized carbons (Fsp3) is 0.533. The molecule has 102 valence electrons. The van der Waals surface area contributed by atoms with E-state index in [9.17, 15) is 13.6 Å². The van der Waals surface area contributed by atoms with Gasteiger partial charge in [-0.15, -0.1) is 0 Å². The van der Waals surface area contributed by atoms with E-state index < -0.39 is 17.0 Å². The molecule has 2 fully saturated rings. The molecular formula is C15H16F2O2. The highest BCUT2D eigenvalue weighted by Gasteiger charge is 2.56. The Balaban J connectivity index is 1.80. The number of rotatable bonds is 2. The first-order chi connectivity index (χ1) is 9.12. The number of halogens is 2. The molecule has 0 radical (unpaired) electrons. The molecule has 0 aromatic heterocycles. The van der Waals surface area contributed by atoms with Crippen molar-refractivity contribution in [3.8, 4) is 5.75 Å². The lowest BCUT2D eigenvalue weighted by molar-refractivity contribution is -0.156. The van der Waals surface area contributed by atoms with Crippen LogP contribution in [0.25, 0.3) is 0 Å². The lowest BCUT2D eigenvalue weighted by atomic mass is 9.57. The van der Waals surface area contributed by atoms with Gasteiger partial charge in [0.1, 0.15) is 17.7 Å². The molecule has 3 rings (SSSR count). The topological polar surface area (TPSA) is 26.3 Å². The van der Waals surface area contributed by atoms with Crippen LogP contribution in [0, 0.1) is 17.0 Å². The fourth-order valence-corrected chi connectivity index (χ4v) is 3.27. The van der Waals surface area contributed by atoms with Crippen molar-refractivity contribution in [1.29, 1.82) is 0 Å². The maximum Gasteiger partial charge on any atom is 0.165 e. The maximum absolute atomic E-state index is 13.6. The first kappa shape index (κ1) is 12.6. The second-order valence-corrected chi connectivity index (χ2v) is 5.53. The Morgan fingerprint density at radius 3 is 2.58 bits per heavy atom. The fourth-order valence-electron chi connectivity index (χ4n) is 3.27. The number of ketones is 1. The van der Waals surface area contributed by atoms with Gasteiger partial charge in [-0.1, -0.05) is 19.3 Å². The summed E-state index contributed by atoms with van der Waals surface area (Å²) < 4.78 is 32.3. The summed E-state index contributed by atoms with van der Waals surface area (Å²) in [5, 5.41) is 0. The first-order valence-corrected chi connectivity index (χ1v) is 6.77. The first-order valence-electron chi connectivity index (χ1n) is 6.77. The highest BCUT2D eigenvalue weighted by Crippen LogP contribution is 2.50. The van der Waals surface area contributed by atoms with Crippen LogP contribution in [0.3, 0.4) is 0 Å². The molecule has 0 amide bonds. The van der Waals surface area contributed by atoms with Crippen LogP contribution in [-0.2, 0) is 4.79 Å². The predicted molar refractivity (Wildman–Crippen MR) is 65.9 cm³/mol. The molecule has 2 aliphatic rings. The third-order valence-electron chi connectivity index (χ3n) is 4.45. The Bertz CT molecular complexity index is 507. The summed E-state index contributed by atoms with van der Waals surface area (Å²) in [5.41, 5.74) is -0.434. The smallest absolute Gasteiger partial charge is 0.165 e. The van der Waals surface area contributed by atoms with E-state index >= 15 is 0 Å². The predicted octanol–water partition coefficient (Wildman–Crippen LogP) is 3.64. The van der Waals surface area contributed by atoms with E-state index in [2.05, 4.69) is 0 Å². The molecular weight excluding hydrogens is 250 g/mol. The second kappa shape index (κ2) is 4.58. The summed E-state index contributed by atoms with van der Waals surface area (Å²) in [6.45, 7) is 0. The second-order valence-electron chi connectivity index (χ2n) is 5.53. The van der Waals surface area contributed by atoms with Crippen molar-refractivity contribution in [3.05, 3.63) is 29.8 Å². The number of carbonyl (C=O) groups excluding carboxylic acids is 1. The average Bonchev–Trinajstić information content (AvgIpc) is 2.43. The molecule has 0 heterocycles. The number of benzene rings is 1. The minimum atomic E-state index is -0.577. The summed E-state index contributed by atoms with van der Waals surface area (Å²) in [4.78, 5) is 11.9. The maximum atomic E-state index is 13.6. The van der Waals surface area contributed by atoms with Gasteiger partial charge in [0.2, 0.25) is 0 Å².